The Kier molecular flexibility index (Phi) is 9.46. The van der Waals surface area contributed by atoms with Crippen LogP contribution in [0, 0.1) is 0 Å². The van der Waals surface area contributed by atoms with Crippen LogP contribution in [-0.2, 0) is 16.1 Å². The van der Waals surface area contributed by atoms with E-state index in [1.807, 2.05) is 103 Å². The van der Waals surface area contributed by atoms with Crippen molar-refractivity contribution in [2.75, 3.05) is 6.54 Å². The molecule has 8 heteroatoms. The highest BCUT2D eigenvalue weighted by atomic mass is 16.6. The molecule has 8 nitrogen and oxygen atoms in total. The molecule has 3 aromatic rings. The van der Waals surface area contributed by atoms with E-state index >= 15 is 0 Å². The first-order chi connectivity index (χ1) is 20.6. The minimum Gasteiger partial charge on any atom is -0.443 e. The number of hydrogen-bond acceptors (Lipinski definition) is 4. The van der Waals surface area contributed by atoms with E-state index in [1.54, 1.807) is 24.3 Å². The third-order valence-electron chi connectivity index (χ3n) is 7.23. The molecular formula is C34H34N4O4. The summed E-state index contributed by atoms with van der Waals surface area (Å²) < 4.78 is 5.56. The molecule has 0 bridgehead atoms. The molecule has 3 aromatic carbocycles. The number of amides is 4. The summed E-state index contributed by atoms with van der Waals surface area (Å²) in [5, 5.41) is 4.33. The fourth-order valence-electron chi connectivity index (χ4n) is 5.09. The number of nitrogens with one attached hydrogen (secondary N) is 2. The van der Waals surface area contributed by atoms with Gasteiger partial charge in [-0.2, -0.15) is 0 Å². The van der Waals surface area contributed by atoms with Gasteiger partial charge in [0.15, 0.2) is 0 Å². The summed E-state index contributed by atoms with van der Waals surface area (Å²) in [6.07, 6.45) is 11.3. The Morgan fingerprint density at radius 3 is 1.98 bits per heavy atom. The number of urea groups is 1. The highest BCUT2D eigenvalue weighted by Crippen LogP contribution is 2.24. The van der Waals surface area contributed by atoms with Crippen LogP contribution in [0.3, 0.4) is 0 Å². The minimum atomic E-state index is -0.707. The van der Waals surface area contributed by atoms with Gasteiger partial charge in [-0.05, 0) is 29.5 Å². The zero-order chi connectivity index (χ0) is 29.1. The molecule has 0 aromatic heterocycles. The van der Waals surface area contributed by atoms with Gasteiger partial charge in [0.2, 0.25) is 5.91 Å². The topological polar surface area (TPSA) is 91.0 Å². The molecule has 1 fully saturated rings. The van der Waals surface area contributed by atoms with Crippen molar-refractivity contribution < 1.29 is 19.1 Å². The van der Waals surface area contributed by atoms with Gasteiger partial charge < -0.3 is 15.0 Å². The van der Waals surface area contributed by atoms with Crippen LogP contribution in [0.15, 0.2) is 127 Å². The molecular weight excluding hydrogens is 528 g/mol. The Hall–Kier alpha value is -5.11. The van der Waals surface area contributed by atoms with E-state index in [2.05, 4.69) is 10.7 Å². The van der Waals surface area contributed by atoms with Crippen molar-refractivity contribution in [1.29, 1.82) is 0 Å². The Labute approximate surface area is 245 Å². The second-order valence-corrected chi connectivity index (χ2v) is 10.1. The summed E-state index contributed by atoms with van der Waals surface area (Å²) in [7, 11) is 0. The van der Waals surface area contributed by atoms with Crippen LogP contribution in [0.4, 0.5) is 9.59 Å². The SMILES string of the molecule is O=C(NC(c1ccccc1)c1ccccc1)[C@@H]1CCCN1C(=O)NN(C(=O)OCc1ccccc1)C1C=CC=CC=C1. The molecule has 1 saturated heterocycles. The predicted molar refractivity (Wildman–Crippen MR) is 161 cm³/mol. The average Bonchev–Trinajstić information content (AvgIpc) is 3.39. The van der Waals surface area contributed by atoms with E-state index in [0.29, 0.717) is 19.4 Å². The van der Waals surface area contributed by atoms with Crippen LogP contribution in [0.1, 0.15) is 35.6 Å². The number of ether oxygens (including phenoxy) is 1. The van der Waals surface area contributed by atoms with Crippen molar-refractivity contribution in [2.24, 2.45) is 0 Å². The number of benzene rings is 3. The Morgan fingerprint density at radius 2 is 1.38 bits per heavy atom. The van der Waals surface area contributed by atoms with Gasteiger partial charge in [0.05, 0.1) is 12.1 Å². The molecule has 1 aliphatic heterocycles. The second kappa shape index (κ2) is 14.0. The van der Waals surface area contributed by atoms with Gasteiger partial charge in [-0.25, -0.2) is 20.0 Å². The van der Waals surface area contributed by atoms with Crippen molar-refractivity contribution >= 4 is 18.0 Å². The average molecular weight is 563 g/mol. The molecule has 0 radical (unpaired) electrons. The Bertz CT molecular complexity index is 1380. The maximum Gasteiger partial charge on any atom is 0.429 e. The molecule has 1 aliphatic carbocycles. The summed E-state index contributed by atoms with van der Waals surface area (Å²) in [5.74, 6) is -0.253. The lowest BCUT2D eigenvalue weighted by molar-refractivity contribution is -0.125. The number of carbonyl (C=O) groups excluding carboxylic acids is 3. The van der Waals surface area contributed by atoms with Gasteiger partial charge in [0, 0.05) is 6.54 Å². The van der Waals surface area contributed by atoms with E-state index in [1.165, 1.54) is 4.90 Å². The zero-order valence-corrected chi connectivity index (χ0v) is 23.2. The summed E-state index contributed by atoms with van der Waals surface area (Å²) in [5.41, 5.74) is 5.44. The van der Waals surface area contributed by atoms with Crippen molar-refractivity contribution in [3.05, 3.63) is 144 Å². The van der Waals surface area contributed by atoms with E-state index in [9.17, 15) is 14.4 Å². The summed E-state index contributed by atoms with van der Waals surface area (Å²) in [6.45, 7) is 0.440. The normalized spacial score (nSPS) is 16.2. The number of rotatable bonds is 7. The monoisotopic (exact) mass is 562 g/mol. The molecule has 214 valence electrons. The highest BCUT2D eigenvalue weighted by Gasteiger charge is 2.37. The Morgan fingerprint density at radius 1 is 0.810 bits per heavy atom. The van der Waals surface area contributed by atoms with Gasteiger partial charge in [-0.15, -0.1) is 0 Å². The number of carbonyl (C=O) groups is 3. The molecule has 0 spiro atoms. The summed E-state index contributed by atoms with van der Waals surface area (Å²) >= 11 is 0. The lowest BCUT2D eigenvalue weighted by Gasteiger charge is -2.32. The van der Waals surface area contributed by atoms with Gasteiger partial charge in [0.25, 0.3) is 0 Å². The van der Waals surface area contributed by atoms with Crippen LogP contribution in [0.2, 0.25) is 0 Å². The standard InChI is InChI=1S/C34H34N4O4/c39-32(35-31(27-17-8-4-9-18-27)28-19-10-5-11-20-28)30-23-14-24-37(30)33(40)36-38(29-21-12-1-2-13-22-29)34(41)42-25-26-15-6-3-7-16-26/h1-13,15-22,29-31H,14,23-25H2,(H,35,39)(H,36,40)/t30-/m0/s1. The first kappa shape index (κ1) is 28.4. The van der Waals surface area contributed by atoms with Crippen LogP contribution < -0.4 is 10.7 Å². The second-order valence-electron chi connectivity index (χ2n) is 10.1. The Balaban J connectivity index is 1.31. The van der Waals surface area contributed by atoms with E-state index < -0.39 is 24.2 Å². The highest BCUT2D eigenvalue weighted by molar-refractivity contribution is 5.88. The minimum absolute atomic E-state index is 0.0551. The molecule has 5 rings (SSSR count). The van der Waals surface area contributed by atoms with Crippen molar-refractivity contribution in [3.8, 4) is 0 Å². The number of likely N-dealkylation sites (tertiary alicyclic amines) is 1. The maximum absolute atomic E-state index is 13.7. The molecule has 0 unspecified atom stereocenters. The van der Waals surface area contributed by atoms with Crippen LogP contribution in [-0.4, -0.2) is 46.6 Å². The molecule has 42 heavy (non-hydrogen) atoms. The zero-order valence-electron chi connectivity index (χ0n) is 23.2. The van der Waals surface area contributed by atoms with E-state index in [0.717, 1.165) is 21.7 Å². The van der Waals surface area contributed by atoms with Crippen molar-refractivity contribution in [2.45, 2.75) is 37.6 Å². The third-order valence-corrected chi connectivity index (χ3v) is 7.23. The fourth-order valence-corrected chi connectivity index (χ4v) is 5.09. The van der Waals surface area contributed by atoms with E-state index in [4.69, 9.17) is 4.74 Å². The van der Waals surface area contributed by atoms with Gasteiger partial charge in [-0.3, -0.25) is 4.79 Å². The van der Waals surface area contributed by atoms with Crippen molar-refractivity contribution in [3.63, 3.8) is 0 Å². The largest absolute Gasteiger partial charge is 0.443 e. The van der Waals surface area contributed by atoms with E-state index in [-0.39, 0.29) is 18.6 Å². The number of hydrazine groups is 1. The van der Waals surface area contributed by atoms with Crippen molar-refractivity contribution in [1.82, 2.24) is 20.7 Å². The quantitative estimate of drug-likeness (QED) is 0.363. The fraction of sp³-hybridized carbons (Fsp3) is 0.206. The molecule has 2 aliphatic rings. The summed E-state index contributed by atoms with van der Waals surface area (Å²) in [6, 6.07) is 26.6. The molecule has 1 heterocycles. The predicted octanol–water partition coefficient (Wildman–Crippen LogP) is 5.67. The van der Waals surface area contributed by atoms with Gasteiger partial charge in [0.1, 0.15) is 12.6 Å². The van der Waals surface area contributed by atoms with Gasteiger partial charge >= 0.3 is 12.1 Å². The first-order valence-corrected chi connectivity index (χ1v) is 14.1. The number of nitrogens with zero attached hydrogens (tertiary/aromatic N) is 2. The lowest BCUT2D eigenvalue weighted by Crippen LogP contribution is -2.57. The van der Waals surface area contributed by atoms with Gasteiger partial charge in [-0.1, -0.05) is 127 Å². The molecule has 2 N–H and O–H groups in total. The molecule has 4 amide bonds. The van der Waals surface area contributed by atoms with Crippen LogP contribution >= 0.6 is 0 Å². The summed E-state index contributed by atoms with van der Waals surface area (Å²) in [4.78, 5) is 42.0. The van der Waals surface area contributed by atoms with Crippen LogP contribution in [0.25, 0.3) is 0 Å². The third kappa shape index (κ3) is 7.14. The number of hydrogen-bond donors (Lipinski definition) is 2. The lowest BCUT2D eigenvalue weighted by atomic mass is 9.98. The first-order valence-electron chi connectivity index (χ1n) is 14.1. The molecule has 0 saturated carbocycles. The smallest absolute Gasteiger partial charge is 0.429 e. The number of allylic oxidation sites excluding steroid dienone is 4. The maximum atomic E-state index is 13.7. The van der Waals surface area contributed by atoms with Crippen LogP contribution in [0.5, 0.6) is 0 Å². The molecule has 1 atom stereocenters.